The van der Waals surface area contributed by atoms with Crippen molar-refractivity contribution in [3.05, 3.63) is 0 Å². The van der Waals surface area contributed by atoms with E-state index in [0.717, 1.165) is 51.4 Å². The van der Waals surface area contributed by atoms with Crippen molar-refractivity contribution in [1.82, 2.24) is 10.2 Å². The summed E-state index contributed by atoms with van der Waals surface area (Å²) >= 11 is 0. The van der Waals surface area contributed by atoms with E-state index in [9.17, 15) is 19.5 Å². The number of aliphatic carboxylic acids is 1. The summed E-state index contributed by atoms with van der Waals surface area (Å²) in [6, 6.07) is 0.0204. The van der Waals surface area contributed by atoms with Crippen LogP contribution in [0.3, 0.4) is 0 Å². The molecule has 14 atom stereocenters. The van der Waals surface area contributed by atoms with Crippen LogP contribution in [0, 0.1) is 90.7 Å². The van der Waals surface area contributed by atoms with Crippen molar-refractivity contribution >= 4 is 23.8 Å². The van der Waals surface area contributed by atoms with Gasteiger partial charge < -0.3 is 24.8 Å². The lowest BCUT2D eigenvalue weighted by molar-refractivity contribution is -0.252. The number of carboxylic acid groups (broad SMARTS) is 1. The molecule has 9 rings (SSSR count). The maximum Gasteiger partial charge on any atom is 0.309 e. The predicted molar refractivity (Wildman–Crippen MR) is 226 cm³/mol. The number of rotatable bonds is 7. The van der Waals surface area contributed by atoms with Gasteiger partial charge in [0.25, 0.3) is 0 Å². The summed E-state index contributed by atoms with van der Waals surface area (Å²) in [6.45, 7) is 25.9. The Balaban J connectivity index is 0.938. The van der Waals surface area contributed by atoms with Gasteiger partial charge in [0.15, 0.2) is 0 Å². The fraction of sp³-hybridized carbons (Fsp3) is 0.920. The van der Waals surface area contributed by atoms with Gasteiger partial charge >= 0.3 is 11.9 Å². The van der Waals surface area contributed by atoms with Crippen LogP contribution >= 0.6 is 0 Å². The Bertz CT molecular complexity index is 1760. The first-order valence-corrected chi connectivity index (χ1v) is 24.1. The molecule has 9 aliphatic rings. The second-order valence-corrected chi connectivity index (χ2v) is 25.0. The first-order chi connectivity index (χ1) is 27.5. The van der Waals surface area contributed by atoms with E-state index in [1.54, 1.807) is 0 Å². The number of nitrogens with one attached hydrogen (secondary N) is 1. The number of carbonyl (C=O) groups excluding carboxylic acids is 3. The molecule has 1 aliphatic heterocycles. The molecular formula is C50H78N2O7. The highest BCUT2D eigenvalue weighted by molar-refractivity contribution is 5.86. The van der Waals surface area contributed by atoms with Crippen molar-refractivity contribution in [2.75, 3.05) is 26.3 Å². The molecule has 8 aliphatic carbocycles. The van der Waals surface area contributed by atoms with Gasteiger partial charge in [0.1, 0.15) is 6.10 Å². The van der Waals surface area contributed by atoms with Crippen molar-refractivity contribution in [2.45, 2.75) is 171 Å². The molecule has 0 bridgehead atoms. The number of morpholine rings is 1. The Morgan fingerprint density at radius 2 is 1.34 bits per heavy atom. The van der Waals surface area contributed by atoms with Crippen molar-refractivity contribution in [2.24, 2.45) is 90.7 Å². The molecule has 9 fully saturated rings. The number of nitrogens with zero attached hydrogens (tertiary/aromatic N) is 1. The van der Waals surface area contributed by atoms with Crippen molar-refractivity contribution < 1.29 is 33.8 Å². The zero-order chi connectivity index (χ0) is 42.5. The van der Waals surface area contributed by atoms with E-state index in [1.165, 1.54) is 32.1 Å². The number of hydrogen-bond acceptors (Lipinski definition) is 6. The maximum absolute atomic E-state index is 15.2. The summed E-state index contributed by atoms with van der Waals surface area (Å²) < 4.78 is 12.0. The van der Waals surface area contributed by atoms with Gasteiger partial charge in [0, 0.05) is 30.5 Å². The molecule has 0 aromatic heterocycles. The molecule has 1 saturated heterocycles. The van der Waals surface area contributed by atoms with E-state index in [0.29, 0.717) is 73.6 Å². The van der Waals surface area contributed by atoms with Crippen LogP contribution in [0.15, 0.2) is 0 Å². The normalized spacial score (nSPS) is 48.3. The lowest BCUT2D eigenvalue weighted by Crippen LogP contribution is -2.69. The molecule has 8 saturated carbocycles. The molecule has 2 N–H and O–H groups in total. The summed E-state index contributed by atoms with van der Waals surface area (Å²) in [5.41, 5.74) is -0.600. The molecule has 330 valence electrons. The van der Waals surface area contributed by atoms with Gasteiger partial charge in [0.2, 0.25) is 11.8 Å². The third-order valence-electron chi connectivity index (χ3n) is 22.1. The summed E-state index contributed by atoms with van der Waals surface area (Å²) in [5.74, 6) is 1.10. The third-order valence-corrected chi connectivity index (χ3v) is 22.1. The van der Waals surface area contributed by atoms with Gasteiger partial charge in [-0.1, -0.05) is 69.2 Å². The summed E-state index contributed by atoms with van der Waals surface area (Å²) in [5, 5.41) is 13.4. The van der Waals surface area contributed by atoms with E-state index in [1.807, 2.05) is 18.7 Å². The monoisotopic (exact) mass is 819 g/mol. The molecule has 0 radical (unpaired) electrons. The van der Waals surface area contributed by atoms with Crippen LogP contribution in [0.4, 0.5) is 0 Å². The first kappa shape index (κ1) is 42.2. The molecule has 0 aromatic rings. The second-order valence-electron chi connectivity index (χ2n) is 25.0. The summed E-state index contributed by atoms with van der Waals surface area (Å²) in [6.07, 6.45) is 14.4. The number of esters is 1. The average Bonchev–Trinajstić information content (AvgIpc) is 3.78. The summed E-state index contributed by atoms with van der Waals surface area (Å²) in [7, 11) is 0. The number of ether oxygens (including phenoxy) is 2. The van der Waals surface area contributed by atoms with Gasteiger partial charge in [-0.2, -0.15) is 0 Å². The summed E-state index contributed by atoms with van der Waals surface area (Å²) in [4.78, 5) is 56.3. The van der Waals surface area contributed by atoms with Gasteiger partial charge in [-0.15, -0.1) is 0 Å². The Kier molecular flexibility index (Phi) is 9.59. The number of carbonyl (C=O) groups is 4. The van der Waals surface area contributed by atoms with Crippen LogP contribution in [0.5, 0.6) is 0 Å². The van der Waals surface area contributed by atoms with Gasteiger partial charge in [0.05, 0.1) is 30.5 Å². The molecule has 9 heteroatoms. The quantitative estimate of drug-likeness (QED) is 0.246. The molecular weight excluding hydrogens is 741 g/mol. The Labute approximate surface area is 355 Å². The molecule has 1 heterocycles. The highest BCUT2D eigenvalue weighted by atomic mass is 16.5. The fourth-order valence-corrected chi connectivity index (χ4v) is 17.4. The van der Waals surface area contributed by atoms with Crippen LogP contribution < -0.4 is 5.32 Å². The van der Waals surface area contributed by atoms with Crippen LogP contribution in [0.25, 0.3) is 0 Å². The minimum absolute atomic E-state index is 0.0204. The smallest absolute Gasteiger partial charge is 0.309 e. The Morgan fingerprint density at radius 1 is 0.644 bits per heavy atom. The van der Waals surface area contributed by atoms with Crippen LogP contribution in [0.2, 0.25) is 0 Å². The lowest BCUT2D eigenvalue weighted by Gasteiger charge is -2.73. The van der Waals surface area contributed by atoms with E-state index in [2.05, 4.69) is 60.7 Å². The number of carboxylic acids is 1. The number of hydrogen-bond donors (Lipinski definition) is 2. The average molecular weight is 819 g/mol. The highest BCUT2D eigenvalue weighted by Crippen LogP contribution is 2.79. The van der Waals surface area contributed by atoms with Gasteiger partial charge in [-0.25, -0.2) is 0 Å². The number of fused-ring (bicyclic) bond motifs is 7. The zero-order valence-corrected chi connectivity index (χ0v) is 38.3. The van der Waals surface area contributed by atoms with Crippen LogP contribution in [0.1, 0.15) is 159 Å². The standard InChI is InChI=1S/C50H78N2O7/c1-43(2)32(40(54)55)27-33(43)41(56)59-37-15-16-47(8)34(45(37,5)6)14-17-49(10)35(47)12-11-30-38-29(46(7)19-20-46)13-18-50(38,22-21-48(30,49)9)42(57)51-36-28-31(44(36,3)4)39(53)52-23-25-58-26-24-52/h29-38H,11-28H2,1-10H3,(H,51,57)(H,54,55)/t29-,30-,31+,32+,33-,34+,35-,36+,37+,38?,47+,48-,49-,50+/m1/s1. The molecule has 2 amide bonds. The zero-order valence-electron chi connectivity index (χ0n) is 38.3. The first-order valence-electron chi connectivity index (χ1n) is 24.1. The second kappa shape index (κ2) is 13.4. The molecule has 9 nitrogen and oxygen atoms in total. The van der Waals surface area contributed by atoms with E-state index < -0.39 is 17.3 Å². The van der Waals surface area contributed by atoms with Crippen molar-refractivity contribution in [3.8, 4) is 0 Å². The molecule has 0 spiro atoms. The minimum Gasteiger partial charge on any atom is -0.481 e. The SMILES string of the molecule is CC1([C@@H]2CC[C@]3(C(=O)N[C@H]4C[C@@H](C(=O)N5CCOCC5)C4(C)C)CC[C@]4(C)[C@H](CC[C@@H]5[C@@]6(C)CC[C@H](OC(=O)[C@H]7C[C@@H](C(=O)O)C7(C)C)C(C)(C)[C@@H]6CC[C@]54C)C23)CC1. The lowest BCUT2D eigenvalue weighted by atomic mass is 9.32. The van der Waals surface area contributed by atoms with E-state index in [4.69, 9.17) is 9.47 Å². The van der Waals surface area contributed by atoms with Crippen molar-refractivity contribution in [3.63, 3.8) is 0 Å². The molecule has 1 unspecified atom stereocenters. The van der Waals surface area contributed by atoms with E-state index >= 15 is 4.79 Å². The topological polar surface area (TPSA) is 122 Å². The Hall–Kier alpha value is -2.16. The van der Waals surface area contributed by atoms with Gasteiger partial charge in [-0.3, -0.25) is 19.2 Å². The third kappa shape index (κ3) is 5.75. The largest absolute Gasteiger partial charge is 0.481 e. The number of amides is 2. The maximum atomic E-state index is 15.2. The van der Waals surface area contributed by atoms with Crippen LogP contribution in [-0.4, -0.2) is 72.2 Å². The van der Waals surface area contributed by atoms with Gasteiger partial charge in [-0.05, 0) is 152 Å². The molecule has 0 aromatic carbocycles. The van der Waals surface area contributed by atoms with Crippen LogP contribution in [-0.2, 0) is 28.7 Å². The fourth-order valence-electron chi connectivity index (χ4n) is 17.4. The Morgan fingerprint density at radius 3 is 1.97 bits per heavy atom. The minimum atomic E-state index is -0.816. The molecule has 59 heavy (non-hydrogen) atoms. The highest BCUT2D eigenvalue weighted by Gasteiger charge is 2.74. The van der Waals surface area contributed by atoms with E-state index in [-0.39, 0.29) is 68.3 Å². The van der Waals surface area contributed by atoms with Crippen molar-refractivity contribution in [1.29, 1.82) is 0 Å². The predicted octanol–water partition coefficient (Wildman–Crippen LogP) is 8.92.